The van der Waals surface area contributed by atoms with Crippen molar-refractivity contribution in [1.82, 2.24) is 24.6 Å². The first-order valence-corrected chi connectivity index (χ1v) is 13.1. The number of thiazole rings is 1. The van der Waals surface area contributed by atoms with E-state index in [0.29, 0.717) is 23.8 Å². The molecule has 0 bridgehead atoms. The minimum atomic E-state index is -0.964. The Balaban J connectivity index is 1.43. The molecule has 1 unspecified atom stereocenters. The maximum Gasteiger partial charge on any atom is 0.233 e. The second kappa shape index (κ2) is 10.6. The summed E-state index contributed by atoms with van der Waals surface area (Å²) in [4.78, 5) is 25.0. The molecule has 0 aliphatic carbocycles. The van der Waals surface area contributed by atoms with Gasteiger partial charge >= 0.3 is 0 Å². The Morgan fingerprint density at radius 3 is 2.59 bits per heavy atom. The van der Waals surface area contributed by atoms with Crippen LogP contribution < -0.4 is 5.32 Å². The van der Waals surface area contributed by atoms with E-state index >= 15 is 0 Å². The van der Waals surface area contributed by atoms with Gasteiger partial charge in [-0.05, 0) is 48.8 Å². The lowest BCUT2D eigenvalue weighted by Gasteiger charge is -2.32. The number of aromatic nitrogens is 3. The average Bonchev–Trinajstić information content (AvgIpc) is 3.52. The van der Waals surface area contributed by atoms with Crippen LogP contribution in [0.4, 0.5) is 0 Å². The lowest BCUT2D eigenvalue weighted by molar-refractivity contribution is -0.137. The van der Waals surface area contributed by atoms with Gasteiger partial charge in [0, 0.05) is 13.1 Å². The van der Waals surface area contributed by atoms with Gasteiger partial charge in [0.15, 0.2) is 0 Å². The minimum absolute atomic E-state index is 0.0176. The first kappa shape index (κ1) is 24.9. The summed E-state index contributed by atoms with van der Waals surface area (Å²) in [5.74, 6) is 0.0884. The number of hydrogen-bond donors (Lipinski definition) is 3. The zero-order valence-electron chi connectivity index (χ0n) is 19.8. The number of rotatable bonds is 8. The summed E-state index contributed by atoms with van der Waals surface area (Å²) in [5.41, 5.74) is 4.99. The van der Waals surface area contributed by atoms with Crippen LogP contribution in [0.2, 0.25) is 0 Å². The summed E-state index contributed by atoms with van der Waals surface area (Å²) in [6.07, 6.45) is -1.31. The first-order chi connectivity index (χ1) is 16.2. The molecule has 4 atom stereocenters. The van der Waals surface area contributed by atoms with Crippen molar-refractivity contribution in [2.24, 2.45) is 5.92 Å². The molecule has 3 heterocycles. The lowest BCUT2D eigenvalue weighted by Crippen LogP contribution is -2.50. The van der Waals surface area contributed by atoms with E-state index in [-0.39, 0.29) is 18.4 Å². The minimum Gasteiger partial charge on any atom is -0.391 e. The quantitative estimate of drug-likeness (QED) is 0.407. The van der Waals surface area contributed by atoms with Crippen LogP contribution >= 0.6 is 22.9 Å². The number of aliphatic hydroxyl groups is 2. The van der Waals surface area contributed by atoms with Crippen LogP contribution in [0.1, 0.15) is 48.3 Å². The number of nitrogens with one attached hydrogen (secondary N) is 1. The Hall–Kier alpha value is -2.24. The molecule has 34 heavy (non-hydrogen) atoms. The molecule has 182 valence electrons. The van der Waals surface area contributed by atoms with Crippen LogP contribution in [0.5, 0.6) is 0 Å². The number of carbonyl (C=O) groups excluding carboxylic acids is 1. The fraction of sp³-hybridized carbons (Fsp3) is 0.500. The van der Waals surface area contributed by atoms with Gasteiger partial charge in [-0.2, -0.15) is 4.37 Å². The highest BCUT2D eigenvalue weighted by Gasteiger charge is 2.42. The Morgan fingerprint density at radius 2 is 2.00 bits per heavy atom. The molecule has 10 heteroatoms. The molecule has 3 aromatic rings. The summed E-state index contributed by atoms with van der Waals surface area (Å²) >= 11 is 2.85. The second-order valence-corrected chi connectivity index (χ2v) is 10.8. The zero-order chi connectivity index (χ0) is 24.4. The summed E-state index contributed by atoms with van der Waals surface area (Å²) in [7, 11) is 0. The molecule has 0 radical (unpaired) electrons. The number of hydrogen-bond acceptors (Lipinski definition) is 9. The van der Waals surface area contributed by atoms with Crippen LogP contribution in [0.3, 0.4) is 0 Å². The molecule has 1 fully saturated rings. The molecule has 8 nitrogen and oxygen atoms in total. The summed E-state index contributed by atoms with van der Waals surface area (Å²) in [5, 5.41) is 25.1. The van der Waals surface area contributed by atoms with Crippen LogP contribution in [0, 0.1) is 19.8 Å². The van der Waals surface area contributed by atoms with Crippen molar-refractivity contribution in [2.45, 2.75) is 65.0 Å². The molecular formula is C24H31N5O3S2. The number of carbonyl (C=O) groups is 1. The van der Waals surface area contributed by atoms with Crippen molar-refractivity contribution < 1.29 is 15.0 Å². The third-order valence-corrected chi connectivity index (χ3v) is 8.05. The number of benzene rings is 1. The van der Waals surface area contributed by atoms with Gasteiger partial charge < -0.3 is 15.1 Å². The monoisotopic (exact) mass is 501 g/mol. The van der Waals surface area contributed by atoms with Crippen molar-refractivity contribution in [1.29, 1.82) is 0 Å². The van der Waals surface area contributed by atoms with Gasteiger partial charge in [-0.1, -0.05) is 38.1 Å². The van der Waals surface area contributed by atoms with E-state index in [1.165, 1.54) is 11.5 Å². The van der Waals surface area contributed by atoms with Gasteiger partial charge in [-0.25, -0.2) is 9.97 Å². The summed E-state index contributed by atoms with van der Waals surface area (Å²) < 4.78 is 4.23. The standard InChI is InChI=1S/C24H31N5O3S2/c1-13(2)20(23-27-15(4)28-34-23)24(32)29-11-18(30)9-19(29)22(31)25-10-16-5-7-17(8-6-16)21-14(3)26-12-33-21/h5-8,12-13,18-20,22,25,30-31H,9-11H2,1-4H3/t18-,19+,20-,22?/m1/s1. The third-order valence-electron chi connectivity index (χ3n) is 6.19. The SMILES string of the molecule is Cc1nsc([C@H](C(=O)N2C[C@H](O)C[C@H]2C(O)NCc2ccc(-c3scnc3C)cc2)C(C)C)n1. The van der Waals surface area contributed by atoms with Crippen LogP contribution in [-0.2, 0) is 11.3 Å². The van der Waals surface area contributed by atoms with Crippen LogP contribution in [0.25, 0.3) is 10.4 Å². The number of aliphatic hydroxyl groups excluding tert-OH is 2. The number of amides is 1. The largest absolute Gasteiger partial charge is 0.391 e. The van der Waals surface area contributed by atoms with Gasteiger partial charge in [0.05, 0.1) is 34.1 Å². The second-order valence-electron chi connectivity index (χ2n) is 9.14. The summed E-state index contributed by atoms with van der Waals surface area (Å²) in [6, 6.07) is 7.63. The van der Waals surface area contributed by atoms with E-state index in [1.807, 2.05) is 45.3 Å². The molecule has 0 spiro atoms. The van der Waals surface area contributed by atoms with Gasteiger partial charge in [0.2, 0.25) is 5.91 Å². The molecule has 4 rings (SSSR count). The van der Waals surface area contributed by atoms with E-state index in [9.17, 15) is 15.0 Å². The van der Waals surface area contributed by atoms with Crippen molar-refractivity contribution in [3.8, 4) is 10.4 Å². The zero-order valence-corrected chi connectivity index (χ0v) is 21.4. The van der Waals surface area contributed by atoms with Gasteiger partial charge in [0.1, 0.15) is 17.1 Å². The maximum absolute atomic E-state index is 13.5. The molecule has 0 saturated carbocycles. The highest BCUT2D eigenvalue weighted by molar-refractivity contribution is 7.13. The number of nitrogens with zero attached hydrogens (tertiary/aromatic N) is 4. The lowest BCUT2D eigenvalue weighted by atomic mass is 9.94. The number of likely N-dealkylation sites (tertiary alicyclic amines) is 1. The highest BCUT2D eigenvalue weighted by Crippen LogP contribution is 2.32. The van der Waals surface area contributed by atoms with E-state index in [0.717, 1.165) is 21.7 Å². The molecular weight excluding hydrogens is 470 g/mol. The topological polar surface area (TPSA) is 111 Å². The van der Waals surface area contributed by atoms with Crippen LogP contribution in [0.15, 0.2) is 29.8 Å². The normalized spacial score (nSPS) is 20.1. The Bertz CT molecular complexity index is 1110. The number of β-amino-alcohol motifs (C(OH)–C–C–N with tert-alkyl or cyclic N) is 1. The molecule has 2 aromatic heterocycles. The Morgan fingerprint density at radius 1 is 1.26 bits per heavy atom. The Kier molecular flexibility index (Phi) is 7.73. The molecule has 3 N–H and O–H groups in total. The highest BCUT2D eigenvalue weighted by atomic mass is 32.1. The van der Waals surface area contributed by atoms with E-state index < -0.39 is 24.3 Å². The molecule has 1 aliphatic heterocycles. The van der Waals surface area contributed by atoms with Gasteiger partial charge in [-0.3, -0.25) is 10.1 Å². The van der Waals surface area contributed by atoms with Crippen molar-refractivity contribution in [2.75, 3.05) is 6.54 Å². The van der Waals surface area contributed by atoms with Gasteiger partial charge in [-0.15, -0.1) is 11.3 Å². The van der Waals surface area contributed by atoms with Gasteiger partial charge in [0.25, 0.3) is 0 Å². The average molecular weight is 502 g/mol. The third kappa shape index (κ3) is 5.36. The van der Waals surface area contributed by atoms with Crippen molar-refractivity contribution in [3.05, 3.63) is 51.9 Å². The van der Waals surface area contributed by atoms with Crippen molar-refractivity contribution in [3.63, 3.8) is 0 Å². The van der Waals surface area contributed by atoms with E-state index in [4.69, 9.17) is 0 Å². The fourth-order valence-electron chi connectivity index (χ4n) is 4.40. The molecule has 1 saturated heterocycles. The maximum atomic E-state index is 13.5. The van der Waals surface area contributed by atoms with Crippen molar-refractivity contribution >= 4 is 28.8 Å². The van der Waals surface area contributed by atoms with E-state index in [1.54, 1.807) is 16.2 Å². The molecule has 1 aliphatic rings. The molecule has 1 amide bonds. The summed E-state index contributed by atoms with van der Waals surface area (Å²) in [6.45, 7) is 8.41. The number of aryl methyl sites for hydroxylation is 2. The predicted octanol–water partition coefficient (Wildman–Crippen LogP) is 3.09. The predicted molar refractivity (Wildman–Crippen MR) is 133 cm³/mol. The smallest absolute Gasteiger partial charge is 0.233 e. The Labute approximate surface area is 207 Å². The van der Waals surface area contributed by atoms with E-state index in [2.05, 4.69) is 31.8 Å². The fourth-order valence-corrected chi connectivity index (χ4v) is 6.14. The van der Waals surface area contributed by atoms with Crippen LogP contribution in [-0.4, -0.2) is 60.3 Å². The first-order valence-electron chi connectivity index (χ1n) is 11.4. The molecule has 1 aromatic carbocycles.